The first-order valence-corrected chi connectivity index (χ1v) is 7.10. The van der Waals surface area contributed by atoms with Gasteiger partial charge in [0.25, 0.3) is 0 Å². The quantitative estimate of drug-likeness (QED) is 0.851. The van der Waals surface area contributed by atoms with Gasteiger partial charge in [-0.2, -0.15) is 0 Å². The zero-order valence-corrected chi connectivity index (χ0v) is 11.5. The van der Waals surface area contributed by atoms with E-state index in [2.05, 4.69) is 10.3 Å². The summed E-state index contributed by atoms with van der Waals surface area (Å²) in [6.45, 7) is 3.27. The number of hydrogen-bond donors (Lipinski definition) is 1. The summed E-state index contributed by atoms with van der Waals surface area (Å²) in [5, 5.41) is 4.75. The fourth-order valence-corrected chi connectivity index (χ4v) is 2.48. The van der Waals surface area contributed by atoms with Gasteiger partial charge in [0.05, 0.1) is 6.61 Å². The SMILES string of the molecule is CCOC(=O)c1csc(NC(=O)C2CCOCC2)n1. The Morgan fingerprint density at radius 1 is 1.53 bits per heavy atom. The second-order valence-corrected chi connectivity index (χ2v) is 4.99. The van der Waals surface area contributed by atoms with Gasteiger partial charge in [-0.3, -0.25) is 4.79 Å². The van der Waals surface area contributed by atoms with E-state index in [1.54, 1.807) is 12.3 Å². The first kappa shape index (κ1) is 14.0. The molecule has 0 radical (unpaired) electrons. The number of thiazole rings is 1. The summed E-state index contributed by atoms with van der Waals surface area (Å²) in [5.74, 6) is -0.568. The topological polar surface area (TPSA) is 77.5 Å². The second-order valence-electron chi connectivity index (χ2n) is 4.13. The smallest absolute Gasteiger partial charge is 0.357 e. The van der Waals surface area contributed by atoms with Crippen molar-refractivity contribution in [3.05, 3.63) is 11.1 Å². The third-order valence-electron chi connectivity index (χ3n) is 2.81. The Balaban J connectivity index is 1.92. The molecular weight excluding hydrogens is 268 g/mol. The van der Waals surface area contributed by atoms with Crippen molar-refractivity contribution in [1.29, 1.82) is 0 Å². The van der Waals surface area contributed by atoms with Crippen molar-refractivity contribution in [2.75, 3.05) is 25.1 Å². The van der Waals surface area contributed by atoms with E-state index in [0.717, 1.165) is 12.8 Å². The van der Waals surface area contributed by atoms with E-state index < -0.39 is 5.97 Å². The van der Waals surface area contributed by atoms with Gasteiger partial charge in [0.15, 0.2) is 10.8 Å². The van der Waals surface area contributed by atoms with Crippen molar-refractivity contribution in [1.82, 2.24) is 4.98 Å². The third-order valence-corrected chi connectivity index (χ3v) is 3.57. The molecule has 2 heterocycles. The van der Waals surface area contributed by atoms with Crippen molar-refractivity contribution < 1.29 is 19.1 Å². The van der Waals surface area contributed by atoms with Crippen LogP contribution < -0.4 is 5.32 Å². The highest BCUT2D eigenvalue weighted by Crippen LogP contribution is 2.20. The van der Waals surface area contributed by atoms with E-state index in [-0.39, 0.29) is 17.5 Å². The number of anilines is 1. The fraction of sp³-hybridized carbons (Fsp3) is 0.583. The molecule has 0 aliphatic carbocycles. The van der Waals surface area contributed by atoms with Crippen molar-refractivity contribution in [3.63, 3.8) is 0 Å². The van der Waals surface area contributed by atoms with Gasteiger partial charge >= 0.3 is 5.97 Å². The van der Waals surface area contributed by atoms with Crippen LogP contribution in [0.3, 0.4) is 0 Å². The molecule has 0 unspecified atom stereocenters. The second kappa shape index (κ2) is 6.63. The summed E-state index contributed by atoms with van der Waals surface area (Å²) >= 11 is 1.22. The molecule has 0 spiro atoms. The highest BCUT2D eigenvalue weighted by atomic mass is 32.1. The number of nitrogens with zero attached hydrogens (tertiary/aromatic N) is 1. The summed E-state index contributed by atoms with van der Waals surface area (Å²) < 4.78 is 10.0. The zero-order valence-electron chi connectivity index (χ0n) is 10.7. The number of aromatic nitrogens is 1. The summed E-state index contributed by atoms with van der Waals surface area (Å²) in [6, 6.07) is 0. The van der Waals surface area contributed by atoms with Gasteiger partial charge in [0, 0.05) is 24.5 Å². The van der Waals surface area contributed by atoms with Gasteiger partial charge in [-0.15, -0.1) is 11.3 Å². The molecule has 1 N–H and O–H groups in total. The van der Waals surface area contributed by atoms with Gasteiger partial charge in [0.2, 0.25) is 5.91 Å². The van der Waals surface area contributed by atoms with E-state index in [0.29, 0.717) is 25.0 Å². The van der Waals surface area contributed by atoms with E-state index in [1.165, 1.54) is 11.3 Å². The molecular formula is C12H16N2O4S. The molecule has 1 fully saturated rings. The van der Waals surface area contributed by atoms with Crippen molar-refractivity contribution in [2.45, 2.75) is 19.8 Å². The van der Waals surface area contributed by atoms with Crippen LogP contribution in [0.15, 0.2) is 5.38 Å². The average molecular weight is 284 g/mol. The molecule has 0 atom stereocenters. The Hall–Kier alpha value is -1.47. The first-order chi connectivity index (χ1) is 9.20. The third kappa shape index (κ3) is 3.74. The van der Waals surface area contributed by atoms with Gasteiger partial charge in [0.1, 0.15) is 0 Å². The summed E-state index contributed by atoms with van der Waals surface area (Å²) in [7, 11) is 0. The number of carbonyl (C=O) groups is 2. The van der Waals surface area contributed by atoms with Crippen LogP contribution in [0.5, 0.6) is 0 Å². The van der Waals surface area contributed by atoms with Gasteiger partial charge in [-0.1, -0.05) is 0 Å². The molecule has 0 saturated carbocycles. The first-order valence-electron chi connectivity index (χ1n) is 6.22. The van der Waals surface area contributed by atoms with Crippen molar-refractivity contribution in [3.8, 4) is 0 Å². The van der Waals surface area contributed by atoms with E-state index >= 15 is 0 Å². The maximum atomic E-state index is 12.0. The standard InChI is InChI=1S/C12H16N2O4S/c1-2-18-11(16)9-7-19-12(13-9)14-10(15)8-3-5-17-6-4-8/h7-8H,2-6H2,1H3,(H,13,14,15). The Kier molecular flexibility index (Phi) is 4.86. The number of rotatable bonds is 4. The number of esters is 1. The number of ether oxygens (including phenoxy) is 2. The molecule has 0 aromatic carbocycles. The number of amides is 1. The van der Waals surface area contributed by atoms with Crippen LogP contribution in [0.25, 0.3) is 0 Å². The molecule has 104 valence electrons. The Bertz CT molecular complexity index is 454. The zero-order chi connectivity index (χ0) is 13.7. The summed E-state index contributed by atoms with van der Waals surface area (Å²) in [5.41, 5.74) is 0.231. The molecule has 1 saturated heterocycles. The molecule has 1 amide bonds. The minimum absolute atomic E-state index is 0.0382. The van der Waals surface area contributed by atoms with Crippen LogP contribution in [0.2, 0.25) is 0 Å². The molecule has 1 aromatic rings. The number of nitrogens with one attached hydrogen (secondary N) is 1. The van der Waals surface area contributed by atoms with Crippen LogP contribution in [0.1, 0.15) is 30.3 Å². The minimum atomic E-state index is -0.467. The lowest BCUT2D eigenvalue weighted by Gasteiger charge is -2.20. The van der Waals surface area contributed by atoms with Crippen LogP contribution in [-0.2, 0) is 14.3 Å². The summed E-state index contributed by atoms with van der Waals surface area (Å²) in [4.78, 5) is 27.4. The fourth-order valence-electron chi connectivity index (χ4n) is 1.80. The lowest BCUT2D eigenvalue weighted by molar-refractivity contribution is -0.122. The molecule has 7 heteroatoms. The Labute approximate surface area is 115 Å². The highest BCUT2D eigenvalue weighted by molar-refractivity contribution is 7.14. The number of hydrogen-bond acceptors (Lipinski definition) is 6. The maximum Gasteiger partial charge on any atom is 0.357 e. The van der Waals surface area contributed by atoms with E-state index in [9.17, 15) is 9.59 Å². The molecule has 2 rings (SSSR count). The predicted octanol–water partition coefficient (Wildman–Crippen LogP) is 1.68. The largest absolute Gasteiger partial charge is 0.461 e. The molecule has 1 aliphatic heterocycles. The normalized spacial score (nSPS) is 16.1. The van der Waals surface area contributed by atoms with Gasteiger partial charge in [-0.05, 0) is 19.8 Å². The van der Waals surface area contributed by atoms with Gasteiger partial charge < -0.3 is 14.8 Å². The molecule has 1 aromatic heterocycles. The Morgan fingerprint density at radius 2 is 2.26 bits per heavy atom. The van der Waals surface area contributed by atoms with E-state index in [1.807, 2.05) is 0 Å². The molecule has 6 nitrogen and oxygen atoms in total. The highest BCUT2D eigenvalue weighted by Gasteiger charge is 2.22. The molecule has 1 aliphatic rings. The van der Waals surface area contributed by atoms with Crippen LogP contribution in [-0.4, -0.2) is 36.7 Å². The lowest BCUT2D eigenvalue weighted by Crippen LogP contribution is -2.28. The van der Waals surface area contributed by atoms with Crippen molar-refractivity contribution in [2.24, 2.45) is 5.92 Å². The monoisotopic (exact) mass is 284 g/mol. The van der Waals surface area contributed by atoms with E-state index in [4.69, 9.17) is 9.47 Å². The maximum absolute atomic E-state index is 12.0. The average Bonchev–Trinajstić information content (AvgIpc) is 2.88. The number of carbonyl (C=O) groups excluding carboxylic acids is 2. The minimum Gasteiger partial charge on any atom is -0.461 e. The molecule has 0 bridgehead atoms. The Morgan fingerprint density at radius 3 is 2.95 bits per heavy atom. The summed E-state index contributed by atoms with van der Waals surface area (Å²) in [6.07, 6.45) is 1.45. The predicted molar refractivity (Wildman–Crippen MR) is 70.2 cm³/mol. The molecule has 19 heavy (non-hydrogen) atoms. The van der Waals surface area contributed by atoms with Crippen LogP contribution in [0, 0.1) is 5.92 Å². The van der Waals surface area contributed by atoms with Crippen LogP contribution >= 0.6 is 11.3 Å². The lowest BCUT2D eigenvalue weighted by atomic mass is 10.00. The van der Waals surface area contributed by atoms with Gasteiger partial charge in [-0.25, -0.2) is 9.78 Å². The van der Waals surface area contributed by atoms with Crippen molar-refractivity contribution >= 4 is 28.3 Å². The van der Waals surface area contributed by atoms with Crippen LogP contribution in [0.4, 0.5) is 5.13 Å².